The summed E-state index contributed by atoms with van der Waals surface area (Å²) in [6.45, 7) is 0. The molecular formula is C13H12Br2OS. The van der Waals surface area contributed by atoms with Crippen molar-refractivity contribution in [1.82, 2.24) is 0 Å². The lowest BCUT2D eigenvalue weighted by Crippen LogP contribution is -2.00. The molecule has 1 aromatic heterocycles. The van der Waals surface area contributed by atoms with Gasteiger partial charge in [0.25, 0.3) is 0 Å². The molecule has 1 unspecified atom stereocenters. The zero-order chi connectivity index (χ0) is 12.3. The Kier molecular flexibility index (Phi) is 4.79. The van der Waals surface area contributed by atoms with E-state index in [1.807, 2.05) is 18.2 Å². The Morgan fingerprint density at radius 2 is 2.06 bits per heavy atom. The zero-order valence-electron chi connectivity index (χ0n) is 9.07. The smallest absolute Gasteiger partial charge is 0.0804 e. The van der Waals surface area contributed by atoms with E-state index < -0.39 is 6.10 Å². The summed E-state index contributed by atoms with van der Waals surface area (Å²) in [4.78, 5) is 0. The SMILES string of the molecule is OC(CCc1ccsc1)c1ccc(Br)cc1Br. The van der Waals surface area contributed by atoms with Crippen molar-refractivity contribution in [2.45, 2.75) is 18.9 Å². The fourth-order valence-corrected chi connectivity index (χ4v) is 3.68. The minimum atomic E-state index is -0.419. The summed E-state index contributed by atoms with van der Waals surface area (Å²) < 4.78 is 1.96. The normalized spacial score (nSPS) is 12.6. The van der Waals surface area contributed by atoms with E-state index >= 15 is 0 Å². The number of hydrogen-bond donors (Lipinski definition) is 1. The number of benzene rings is 1. The Labute approximate surface area is 122 Å². The highest BCUT2D eigenvalue weighted by Gasteiger charge is 2.11. The second kappa shape index (κ2) is 6.14. The summed E-state index contributed by atoms with van der Waals surface area (Å²) in [6.07, 6.45) is 1.24. The Bertz CT molecular complexity index is 482. The van der Waals surface area contributed by atoms with E-state index in [2.05, 4.69) is 48.7 Å². The predicted octanol–water partition coefficient (Wildman–Crippen LogP) is 4.94. The Morgan fingerprint density at radius 3 is 2.71 bits per heavy atom. The quantitative estimate of drug-likeness (QED) is 0.802. The molecule has 2 rings (SSSR count). The summed E-state index contributed by atoms with van der Waals surface area (Å²) in [5.41, 5.74) is 2.24. The minimum absolute atomic E-state index is 0.419. The van der Waals surface area contributed by atoms with Gasteiger partial charge < -0.3 is 5.11 Å². The van der Waals surface area contributed by atoms with Gasteiger partial charge in [0.15, 0.2) is 0 Å². The molecule has 90 valence electrons. The van der Waals surface area contributed by atoms with Gasteiger partial charge in [0.2, 0.25) is 0 Å². The van der Waals surface area contributed by atoms with Crippen molar-refractivity contribution in [1.29, 1.82) is 0 Å². The summed E-state index contributed by atoms with van der Waals surface area (Å²) >= 11 is 8.58. The van der Waals surface area contributed by atoms with Gasteiger partial charge in [-0.05, 0) is 52.9 Å². The molecule has 0 bridgehead atoms. The highest BCUT2D eigenvalue weighted by atomic mass is 79.9. The van der Waals surface area contributed by atoms with E-state index in [-0.39, 0.29) is 0 Å². The number of halogens is 2. The molecule has 4 heteroatoms. The van der Waals surface area contributed by atoms with Crippen LogP contribution in [0.2, 0.25) is 0 Å². The first-order valence-electron chi connectivity index (χ1n) is 5.31. The van der Waals surface area contributed by atoms with Gasteiger partial charge in [0.1, 0.15) is 0 Å². The molecule has 1 atom stereocenters. The molecule has 0 aliphatic heterocycles. The first-order chi connectivity index (χ1) is 8.16. The van der Waals surface area contributed by atoms with Crippen LogP contribution < -0.4 is 0 Å². The van der Waals surface area contributed by atoms with E-state index in [1.54, 1.807) is 11.3 Å². The number of aryl methyl sites for hydroxylation is 1. The van der Waals surface area contributed by atoms with Crippen LogP contribution in [0.4, 0.5) is 0 Å². The maximum Gasteiger partial charge on any atom is 0.0804 e. The van der Waals surface area contributed by atoms with E-state index in [0.29, 0.717) is 0 Å². The van der Waals surface area contributed by atoms with E-state index in [4.69, 9.17) is 0 Å². The Balaban J connectivity index is 2.01. The first-order valence-corrected chi connectivity index (χ1v) is 7.84. The molecule has 0 aliphatic carbocycles. The van der Waals surface area contributed by atoms with Crippen LogP contribution in [0.15, 0.2) is 44.0 Å². The molecule has 17 heavy (non-hydrogen) atoms. The lowest BCUT2D eigenvalue weighted by molar-refractivity contribution is 0.167. The largest absolute Gasteiger partial charge is 0.388 e. The van der Waals surface area contributed by atoms with Gasteiger partial charge in [-0.2, -0.15) is 11.3 Å². The fraction of sp³-hybridized carbons (Fsp3) is 0.231. The van der Waals surface area contributed by atoms with E-state index in [0.717, 1.165) is 27.4 Å². The lowest BCUT2D eigenvalue weighted by Gasteiger charge is -2.12. The number of aliphatic hydroxyl groups is 1. The van der Waals surface area contributed by atoms with Crippen LogP contribution >= 0.6 is 43.2 Å². The van der Waals surface area contributed by atoms with Crippen molar-refractivity contribution in [2.75, 3.05) is 0 Å². The van der Waals surface area contributed by atoms with Crippen LogP contribution in [0, 0.1) is 0 Å². The number of thiophene rings is 1. The predicted molar refractivity (Wildman–Crippen MR) is 79.4 cm³/mol. The van der Waals surface area contributed by atoms with Gasteiger partial charge >= 0.3 is 0 Å². The molecule has 0 fully saturated rings. The second-order valence-corrected chi connectivity index (χ2v) is 6.40. The van der Waals surface area contributed by atoms with Gasteiger partial charge in [-0.1, -0.05) is 37.9 Å². The van der Waals surface area contributed by atoms with Gasteiger partial charge in [0.05, 0.1) is 6.10 Å². The third-order valence-corrected chi connectivity index (χ3v) is 4.52. The van der Waals surface area contributed by atoms with Crippen molar-refractivity contribution in [3.8, 4) is 0 Å². The van der Waals surface area contributed by atoms with Crippen LogP contribution in [0.25, 0.3) is 0 Å². The Morgan fingerprint density at radius 1 is 1.24 bits per heavy atom. The molecule has 1 aromatic carbocycles. The average Bonchev–Trinajstić information content (AvgIpc) is 2.78. The van der Waals surface area contributed by atoms with Gasteiger partial charge in [-0.15, -0.1) is 0 Å². The van der Waals surface area contributed by atoms with Crippen molar-refractivity contribution < 1.29 is 5.11 Å². The van der Waals surface area contributed by atoms with Gasteiger partial charge in [0, 0.05) is 8.95 Å². The molecule has 1 heterocycles. The number of rotatable bonds is 4. The van der Waals surface area contributed by atoms with E-state index in [9.17, 15) is 5.11 Å². The molecule has 0 spiro atoms. The Hall–Kier alpha value is -0.160. The molecule has 2 aromatic rings. The zero-order valence-corrected chi connectivity index (χ0v) is 13.1. The third kappa shape index (κ3) is 3.65. The summed E-state index contributed by atoms with van der Waals surface area (Å²) in [5.74, 6) is 0. The van der Waals surface area contributed by atoms with Crippen molar-refractivity contribution in [2.24, 2.45) is 0 Å². The van der Waals surface area contributed by atoms with Gasteiger partial charge in [-0.3, -0.25) is 0 Å². The first kappa shape index (κ1) is 13.3. The number of aliphatic hydroxyl groups excluding tert-OH is 1. The summed E-state index contributed by atoms with van der Waals surface area (Å²) in [5, 5.41) is 14.3. The highest BCUT2D eigenvalue weighted by Crippen LogP contribution is 2.29. The maximum absolute atomic E-state index is 10.1. The van der Waals surface area contributed by atoms with Crippen LogP contribution in [-0.4, -0.2) is 5.11 Å². The molecule has 0 amide bonds. The molecule has 0 saturated heterocycles. The molecule has 1 nitrogen and oxygen atoms in total. The fourth-order valence-electron chi connectivity index (χ4n) is 1.67. The molecule has 1 N–H and O–H groups in total. The molecular weight excluding hydrogens is 364 g/mol. The van der Waals surface area contributed by atoms with Crippen molar-refractivity contribution in [3.63, 3.8) is 0 Å². The van der Waals surface area contributed by atoms with Crippen LogP contribution in [0.5, 0.6) is 0 Å². The molecule has 0 aliphatic rings. The van der Waals surface area contributed by atoms with Crippen molar-refractivity contribution in [3.05, 3.63) is 55.1 Å². The van der Waals surface area contributed by atoms with Crippen LogP contribution in [0.3, 0.4) is 0 Å². The van der Waals surface area contributed by atoms with Crippen molar-refractivity contribution >= 4 is 43.2 Å². The molecule has 0 saturated carbocycles. The highest BCUT2D eigenvalue weighted by molar-refractivity contribution is 9.11. The second-order valence-electron chi connectivity index (χ2n) is 3.85. The topological polar surface area (TPSA) is 20.2 Å². The van der Waals surface area contributed by atoms with Crippen LogP contribution in [0.1, 0.15) is 23.7 Å². The lowest BCUT2D eigenvalue weighted by atomic mass is 10.0. The average molecular weight is 376 g/mol. The summed E-state index contributed by atoms with van der Waals surface area (Å²) in [7, 11) is 0. The monoisotopic (exact) mass is 374 g/mol. The maximum atomic E-state index is 10.1. The van der Waals surface area contributed by atoms with E-state index in [1.165, 1.54) is 5.56 Å². The molecule has 0 radical (unpaired) electrons. The summed E-state index contributed by atoms with van der Waals surface area (Å²) in [6, 6.07) is 7.97. The van der Waals surface area contributed by atoms with Crippen LogP contribution in [-0.2, 0) is 6.42 Å². The standard InChI is InChI=1S/C13H12Br2OS/c14-10-2-3-11(12(15)7-10)13(16)4-1-9-5-6-17-8-9/h2-3,5-8,13,16H,1,4H2. The van der Waals surface area contributed by atoms with Gasteiger partial charge in [-0.25, -0.2) is 0 Å². The third-order valence-electron chi connectivity index (χ3n) is 2.61. The minimum Gasteiger partial charge on any atom is -0.388 e. The number of hydrogen-bond acceptors (Lipinski definition) is 2.